The lowest BCUT2D eigenvalue weighted by Crippen LogP contribution is -2.44. The quantitative estimate of drug-likeness (QED) is 0.789. The van der Waals surface area contributed by atoms with Crippen LogP contribution in [0.4, 0.5) is 4.79 Å². The number of aryl methyl sites for hydroxylation is 1. The highest BCUT2D eigenvalue weighted by Gasteiger charge is 2.25. The molecule has 7 heteroatoms. The van der Waals surface area contributed by atoms with Gasteiger partial charge in [-0.05, 0) is 38.3 Å². The van der Waals surface area contributed by atoms with E-state index in [9.17, 15) is 4.79 Å². The van der Waals surface area contributed by atoms with Gasteiger partial charge in [0, 0.05) is 25.6 Å². The molecule has 2 heterocycles. The highest BCUT2D eigenvalue weighted by Crippen LogP contribution is 2.24. The zero-order valence-electron chi connectivity index (χ0n) is 14.6. The van der Waals surface area contributed by atoms with E-state index in [2.05, 4.69) is 20.5 Å². The topological polar surface area (TPSA) is 83.1 Å². The smallest absolute Gasteiger partial charge is 0.317 e. The van der Waals surface area contributed by atoms with Crippen LogP contribution < -0.4 is 10.1 Å². The Bertz CT molecular complexity index is 649. The van der Waals surface area contributed by atoms with Crippen molar-refractivity contribution in [2.75, 3.05) is 26.2 Å². The number of hydrogen-bond acceptors (Lipinski definition) is 4. The Hall–Kier alpha value is -2.57. The summed E-state index contributed by atoms with van der Waals surface area (Å²) < 4.78 is 5.66. The molecule has 0 saturated carbocycles. The zero-order chi connectivity index (χ0) is 17.5. The van der Waals surface area contributed by atoms with Gasteiger partial charge in [-0.25, -0.2) is 9.78 Å². The summed E-state index contributed by atoms with van der Waals surface area (Å²) in [7, 11) is 0. The Morgan fingerprint density at radius 3 is 2.76 bits per heavy atom. The van der Waals surface area contributed by atoms with E-state index in [1.807, 2.05) is 36.1 Å². The number of hydrogen-bond donors (Lipinski definition) is 2. The second-order valence-electron chi connectivity index (χ2n) is 6.38. The highest BCUT2D eigenvalue weighted by atomic mass is 16.5. The molecule has 7 nitrogen and oxygen atoms in total. The number of piperidine rings is 1. The highest BCUT2D eigenvalue weighted by molar-refractivity contribution is 5.74. The van der Waals surface area contributed by atoms with Crippen molar-refractivity contribution in [3.05, 3.63) is 42.0 Å². The van der Waals surface area contributed by atoms with Crippen LogP contribution in [-0.2, 0) is 0 Å². The van der Waals surface area contributed by atoms with E-state index in [1.165, 1.54) is 11.9 Å². The van der Waals surface area contributed by atoms with Gasteiger partial charge in [-0.1, -0.05) is 17.7 Å². The number of nitrogens with zero attached hydrogens (tertiary/aromatic N) is 3. The third kappa shape index (κ3) is 4.95. The van der Waals surface area contributed by atoms with Crippen molar-refractivity contribution < 1.29 is 9.53 Å². The largest absolute Gasteiger partial charge is 0.494 e. The van der Waals surface area contributed by atoms with Crippen molar-refractivity contribution in [2.24, 2.45) is 0 Å². The van der Waals surface area contributed by atoms with Gasteiger partial charge >= 0.3 is 6.03 Å². The predicted molar refractivity (Wildman–Crippen MR) is 94.6 cm³/mol. The second-order valence-corrected chi connectivity index (χ2v) is 6.38. The average Bonchev–Trinajstić information content (AvgIpc) is 3.18. The van der Waals surface area contributed by atoms with Crippen LogP contribution in [0.1, 0.15) is 36.6 Å². The summed E-state index contributed by atoms with van der Waals surface area (Å²) >= 11 is 0. The standard InChI is InChI=1S/C18H25N5O2/c1-14-3-5-16(6-4-14)25-12-2-9-19-18(24)23-10-7-15(8-11-23)17-20-13-21-22-17/h3-6,13,15H,2,7-12H2,1H3,(H,19,24)(H,20,21,22). The Kier molecular flexibility index (Phi) is 5.87. The Morgan fingerprint density at radius 2 is 2.08 bits per heavy atom. The van der Waals surface area contributed by atoms with Gasteiger partial charge < -0.3 is 15.0 Å². The first-order valence-corrected chi connectivity index (χ1v) is 8.80. The maximum atomic E-state index is 12.2. The fourth-order valence-electron chi connectivity index (χ4n) is 2.97. The first kappa shape index (κ1) is 17.3. The Labute approximate surface area is 147 Å². The fourth-order valence-corrected chi connectivity index (χ4v) is 2.97. The SMILES string of the molecule is Cc1ccc(OCCCNC(=O)N2CCC(c3ncn[nH]3)CC2)cc1. The van der Waals surface area contributed by atoms with Crippen LogP contribution in [-0.4, -0.2) is 52.4 Å². The summed E-state index contributed by atoms with van der Waals surface area (Å²) in [5.74, 6) is 2.16. The summed E-state index contributed by atoms with van der Waals surface area (Å²) in [6, 6.07) is 7.99. The normalized spacial score (nSPS) is 15.2. The molecule has 2 aromatic rings. The molecule has 2 N–H and O–H groups in total. The molecular weight excluding hydrogens is 318 g/mol. The molecule has 134 valence electrons. The van der Waals surface area contributed by atoms with Gasteiger partial charge in [0.1, 0.15) is 17.9 Å². The van der Waals surface area contributed by atoms with Crippen LogP contribution in [0.5, 0.6) is 5.75 Å². The van der Waals surface area contributed by atoms with Crippen molar-refractivity contribution in [3.8, 4) is 5.75 Å². The summed E-state index contributed by atoms with van der Waals surface area (Å²) in [6.07, 6.45) is 4.15. The number of amides is 2. The van der Waals surface area contributed by atoms with Crippen LogP contribution >= 0.6 is 0 Å². The summed E-state index contributed by atoms with van der Waals surface area (Å²) in [4.78, 5) is 18.3. The van der Waals surface area contributed by atoms with Gasteiger partial charge in [0.25, 0.3) is 0 Å². The number of rotatable bonds is 6. The number of H-pyrrole nitrogens is 1. The van der Waals surface area contributed by atoms with Crippen LogP contribution in [0.25, 0.3) is 0 Å². The molecule has 0 spiro atoms. The Balaban J connectivity index is 1.30. The van der Waals surface area contributed by atoms with Gasteiger partial charge in [0.2, 0.25) is 0 Å². The van der Waals surface area contributed by atoms with E-state index in [0.29, 0.717) is 19.1 Å². The number of ether oxygens (including phenoxy) is 1. The first-order valence-electron chi connectivity index (χ1n) is 8.80. The summed E-state index contributed by atoms with van der Waals surface area (Å²) in [5, 5.41) is 9.78. The fraction of sp³-hybridized carbons (Fsp3) is 0.500. The minimum absolute atomic E-state index is 0.00589. The van der Waals surface area contributed by atoms with Gasteiger partial charge in [-0.3, -0.25) is 5.10 Å². The molecule has 0 unspecified atom stereocenters. The van der Waals surface area contributed by atoms with Crippen molar-refractivity contribution in [1.29, 1.82) is 0 Å². The molecule has 25 heavy (non-hydrogen) atoms. The van der Waals surface area contributed by atoms with E-state index in [1.54, 1.807) is 0 Å². The lowest BCUT2D eigenvalue weighted by atomic mass is 9.96. The number of carbonyl (C=O) groups excluding carboxylic acids is 1. The van der Waals surface area contributed by atoms with Crippen molar-refractivity contribution >= 4 is 6.03 Å². The minimum Gasteiger partial charge on any atom is -0.494 e. The molecule has 1 aromatic heterocycles. The van der Waals surface area contributed by atoms with E-state index in [-0.39, 0.29) is 6.03 Å². The molecule has 3 rings (SSSR count). The minimum atomic E-state index is 0.00589. The number of aromatic amines is 1. The second kappa shape index (κ2) is 8.50. The van der Waals surface area contributed by atoms with E-state index >= 15 is 0 Å². The summed E-state index contributed by atoms with van der Waals surface area (Å²) in [6.45, 7) is 4.76. The van der Waals surface area contributed by atoms with E-state index < -0.39 is 0 Å². The zero-order valence-corrected chi connectivity index (χ0v) is 14.6. The molecule has 0 atom stereocenters. The number of likely N-dealkylation sites (tertiary alicyclic amines) is 1. The Morgan fingerprint density at radius 1 is 1.32 bits per heavy atom. The predicted octanol–water partition coefficient (Wildman–Crippen LogP) is 2.47. The van der Waals surface area contributed by atoms with Crippen molar-refractivity contribution in [1.82, 2.24) is 25.4 Å². The molecule has 2 amide bonds. The maximum Gasteiger partial charge on any atom is 0.317 e. The number of carbonyl (C=O) groups is 1. The lowest BCUT2D eigenvalue weighted by Gasteiger charge is -2.31. The van der Waals surface area contributed by atoms with Crippen molar-refractivity contribution in [3.63, 3.8) is 0 Å². The van der Waals surface area contributed by atoms with Gasteiger partial charge in [0.05, 0.1) is 6.61 Å². The number of urea groups is 1. The van der Waals surface area contributed by atoms with Gasteiger partial charge in [-0.2, -0.15) is 5.10 Å². The van der Waals surface area contributed by atoms with Crippen LogP contribution in [0.15, 0.2) is 30.6 Å². The molecule has 0 bridgehead atoms. The third-order valence-corrected chi connectivity index (χ3v) is 4.49. The molecule has 1 fully saturated rings. The maximum absolute atomic E-state index is 12.2. The van der Waals surface area contributed by atoms with Crippen LogP contribution in [0.2, 0.25) is 0 Å². The number of aromatic nitrogens is 3. The number of benzene rings is 1. The average molecular weight is 343 g/mol. The van der Waals surface area contributed by atoms with Crippen molar-refractivity contribution in [2.45, 2.75) is 32.1 Å². The molecular formula is C18H25N5O2. The van der Waals surface area contributed by atoms with Gasteiger partial charge in [-0.15, -0.1) is 0 Å². The monoisotopic (exact) mass is 343 g/mol. The number of nitrogens with one attached hydrogen (secondary N) is 2. The molecule has 1 saturated heterocycles. The van der Waals surface area contributed by atoms with E-state index in [0.717, 1.165) is 43.9 Å². The van der Waals surface area contributed by atoms with E-state index in [4.69, 9.17) is 4.74 Å². The molecule has 1 aliphatic heterocycles. The molecule has 0 radical (unpaired) electrons. The van der Waals surface area contributed by atoms with Crippen LogP contribution in [0.3, 0.4) is 0 Å². The molecule has 1 aliphatic rings. The van der Waals surface area contributed by atoms with Crippen LogP contribution in [0, 0.1) is 6.92 Å². The first-order chi connectivity index (χ1) is 12.2. The lowest BCUT2D eigenvalue weighted by molar-refractivity contribution is 0.179. The van der Waals surface area contributed by atoms with Gasteiger partial charge in [0.15, 0.2) is 0 Å². The third-order valence-electron chi connectivity index (χ3n) is 4.49. The molecule has 0 aliphatic carbocycles. The molecule has 1 aromatic carbocycles. The summed E-state index contributed by atoms with van der Waals surface area (Å²) in [5.41, 5.74) is 1.21.